The van der Waals surface area contributed by atoms with E-state index in [4.69, 9.17) is 4.74 Å². The minimum absolute atomic E-state index is 0.467. The zero-order chi connectivity index (χ0) is 18.7. The molecule has 0 bridgehead atoms. The molecule has 0 saturated carbocycles. The summed E-state index contributed by atoms with van der Waals surface area (Å²) in [7, 11) is 0. The van der Waals surface area contributed by atoms with E-state index in [0.29, 0.717) is 6.54 Å². The molecule has 2 aromatic rings. The Morgan fingerprint density at radius 1 is 1.08 bits per heavy atom. The molecule has 144 valence electrons. The minimum atomic E-state index is -0.960. The Bertz CT molecular complexity index is 608. The quantitative estimate of drug-likeness (QED) is 0.494. The number of nitrogens with zero attached hydrogens (tertiary/aromatic N) is 2. The van der Waals surface area contributed by atoms with Crippen molar-refractivity contribution in [3.05, 3.63) is 48.5 Å². The Kier molecular flexibility index (Phi) is 8.69. The molecule has 0 aliphatic carbocycles. The van der Waals surface area contributed by atoms with E-state index >= 15 is 0 Å². The molecule has 0 radical (unpaired) electrons. The van der Waals surface area contributed by atoms with Crippen LogP contribution in [0, 0.1) is 0 Å². The van der Waals surface area contributed by atoms with Crippen LogP contribution in [0.2, 0.25) is 0 Å². The van der Waals surface area contributed by atoms with Crippen LogP contribution in [0.3, 0.4) is 0 Å². The fraction of sp³-hybridized carbons (Fsp3) is 0.591. The first-order chi connectivity index (χ1) is 12.6. The molecule has 0 fully saturated rings. The number of aliphatic hydroxyl groups is 1. The summed E-state index contributed by atoms with van der Waals surface area (Å²) < 4.78 is 7.77. The van der Waals surface area contributed by atoms with Crippen LogP contribution in [-0.4, -0.2) is 21.3 Å². The summed E-state index contributed by atoms with van der Waals surface area (Å²) in [4.78, 5) is 4.03. The molecule has 26 heavy (non-hydrogen) atoms. The molecule has 0 spiro atoms. The van der Waals surface area contributed by atoms with Crippen molar-refractivity contribution in [2.24, 2.45) is 0 Å². The molecule has 0 aliphatic heterocycles. The Balaban J connectivity index is 1.71. The normalized spacial score (nSPS) is 13.5. The number of rotatable bonds is 13. The lowest BCUT2D eigenvalue weighted by molar-refractivity contribution is 0.0380. The largest absolute Gasteiger partial charge is 0.494 e. The smallest absolute Gasteiger partial charge is 0.119 e. The number of imidazole rings is 1. The Morgan fingerprint density at radius 2 is 1.81 bits per heavy atom. The molecule has 4 nitrogen and oxygen atoms in total. The van der Waals surface area contributed by atoms with Crippen LogP contribution >= 0.6 is 0 Å². The zero-order valence-electron chi connectivity index (χ0n) is 16.4. The predicted octanol–water partition coefficient (Wildman–Crippen LogP) is 5.31. The topological polar surface area (TPSA) is 47.3 Å². The summed E-state index contributed by atoms with van der Waals surface area (Å²) in [5.74, 6) is 0.830. The molecule has 1 atom stereocenters. The van der Waals surface area contributed by atoms with Crippen molar-refractivity contribution in [2.45, 2.75) is 77.4 Å². The van der Waals surface area contributed by atoms with Gasteiger partial charge in [-0.05, 0) is 31.0 Å². The standard InChI is InChI=1S/C22H34N2O2/c1-3-4-5-6-7-8-9-10-16-26-21-13-11-12-20(17-21)22(2,25)18-24-15-14-23-19-24/h11-15,17,19,25H,3-10,16,18H2,1-2H3. The van der Waals surface area contributed by atoms with Crippen LogP contribution in [0.1, 0.15) is 70.8 Å². The van der Waals surface area contributed by atoms with Gasteiger partial charge in [-0.15, -0.1) is 0 Å². The highest BCUT2D eigenvalue weighted by Crippen LogP contribution is 2.26. The molecule has 1 N–H and O–H groups in total. The average Bonchev–Trinajstić information content (AvgIpc) is 3.13. The molecule has 0 amide bonds. The molecule has 0 saturated heterocycles. The van der Waals surface area contributed by atoms with Crippen LogP contribution in [0.4, 0.5) is 0 Å². The van der Waals surface area contributed by atoms with E-state index in [0.717, 1.165) is 24.3 Å². The van der Waals surface area contributed by atoms with E-state index in [-0.39, 0.29) is 0 Å². The van der Waals surface area contributed by atoms with Gasteiger partial charge in [-0.2, -0.15) is 0 Å². The molecule has 1 aromatic carbocycles. The molecule has 2 rings (SSSR count). The second kappa shape index (κ2) is 11.0. The molecular formula is C22H34N2O2. The van der Waals surface area contributed by atoms with Crippen molar-refractivity contribution in [3.8, 4) is 5.75 Å². The third kappa shape index (κ3) is 7.20. The lowest BCUT2D eigenvalue weighted by Gasteiger charge is -2.24. The van der Waals surface area contributed by atoms with Crippen LogP contribution in [0.15, 0.2) is 43.0 Å². The first-order valence-corrected chi connectivity index (χ1v) is 10.0. The van der Waals surface area contributed by atoms with Crippen LogP contribution in [-0.2, 0) is 12.1 Å². The van der Waals surface area contributed by atoms with Crippen molar-refractivity contribution in [1.82, 2.24) is 9.55 Å². The predicted molar refractivity (Wildman–Crippen MR) is 106 cm³/mol. The minimum Gasteiger partial charge on any atom is -0.494 e. The average molecular weight is 359 g/mol. The van der Waals surface area contributed by atoms with Crippen molar-refractivity contribution in [3.63, 3.8) is 0 Å². The number of aromatic nitrogens is 2. The fourth-order valence-corrected chi connectivity index (χ4v) is 3.17. The maximum Gasteiger partial charge on any atom is 0.119 e. The Hall–Kier alpha value is -1.81. The first-order valence-electron chi connectivity index (χ1n) is 10.0. The second-order valence-electron chi connectivity index (χ2n) is 7.36. The molecule has 0 aliphatic rings. The maximum absolute atomic E-state index is 10.8. The van der Waals surface area contributed by atoms with Gasteiger partial charge >= 0.3 is 0 Å². The highest BCUT2D eigenvalue weighted by Gasteiger charge is 2.24. The third-order valence-electron chi connectivity index (χ3n) is 4.77. The number of unbranched alkanes of at least 4 members (excludes halogenated alkanes) is 7. The number of hydrogen-bond acceptors (Lipinski definition) is 3. The molecule has 1 heterocycles. The van der Waals surface area contributed by atoms with Gasteiger partial charge in [0.05, 0.1) is 19.5 Å². The molecule has 1 unspecified atom stereocenters. The summed E-state index contributed by atoms with van der Waals surface area (Å²) in [5.41, 5.74) is -0.0990. The highest BCUT2D eigenvalue weighted by molar-refractivity contribution is 5.32. The number of hydrogen-bond donors (Lipinski definition) is 1. The van der Waals surface area contributed by atoms with Crippen molar-refractivity contribution in [1.29, 1.82) is 0 Å². The van der Waals surface area contributed by atoms with Gasteiger partial charge in [-0.3, -0.25) is 0 Å². The van der Waals surface area contributed by atoms with Crippen molar-refractivity contribution >= 4 is 0 Å². The van der Waals surface area contributed by atoms with Gasteiger partial charge in [-0.1, -0.05) is 64.0 Å². The third-order valence-corrected chi connectivity index (χ3v) is 4.77. The summed E-state index contributed by atoms with van der Waals surface area (Å²) in [6.07, 6.45) is 15.7. The van der Waals surface area contributed by atoms with Gasteiger partial charge in [0.1, 0.15) is 11.4 Å². The van der Waals surface area contributed by atoms with E-state index in [1.165, 1.54) is 44.9 Å². The SMILES string of the molecule is CCCCCCCCCCOc1cccc(C(C)(O)Cn2ccnc2)c1. The van der Waals surface area contributed by atoms with E-state index in [9.17, 15) is 5.11 Å². The first kappa shape index (κ1) is 20.5. The van der Waals surface area contributed by atoms with Crippen LogP contribution < -0.4 is 4.74 Å². The van der Waals surface area contributed by atoms with Crippen molar-refractivity contribution < 1.29 is 9.84 Å². The summed E-state index contributed by atoms with van der Waals surface area (Å²) >= 11 is 0. The second-order valence-corrected chi connectivity index (χ2v) is 7.36. The Morgan fingerprint density at radius 3 is 2.50 bits per heavy atom. The van der Waals surface area contributed by atoms with Crippen LogP contribution in [0.5, 0.6) is 5.75 Å². The number of ether oxygens (including phenoxy) is 1. The van der Waals surface area contributed by atoms with E-state index in [1.54, 1.807) is 12.5 Å². The van der Waals surface area contributed by atoms with E-state index < -0.39 is 5.60 Å². The highest BCUT2D eigenvalue weighted by atomic mass is 16.5. The maximum atomic E-state index is 10.8. The van der Waals surface area contributed by atoms with Crippen molar-refractivity contribution in [2.75, 3.05) is 6.61 Å². The lowest BCUT2D eigenvalue weighted by atomic mass is 9.96. The Labute approximate surface area is 158 Å². The summed E-state index contributed by atoms with van der Waals surface area (Å²) in [5, 5.41) is 10.8. The summed E-state index contributed by atoms with van der Waals surface area (Å²) in [6.45, 7) is 5.28. The van der Waals surface area contributed by atoms with Gasteiger partial charge in [0.2, 0.25) is 0 Å². The zero-order valence-corrected chi connectivity index (χ0v) is 16.4. The van der Waals surface area contributed by atoms with E-state index in [1.807, 2.05) is 42.0 Å². The molecule has 1 aromatic heterocycles. The van der Waals surface area contributed by atoms with Gasteiger partial charge in [0.25, 0.3) is 0 Å². The molecular weight excluding hydrogens is 324 g/mol. The van der Waals surface area contributed by atoms with E-state index in [2.05, 4.69) is 11.9 Å². The summed E-state index contributed by atoms with van der Waals surface area (Å²) in [6, 6.07) is 7.80. The van der Waals surface area contributed by atoms with Gasteiger partial charge < -0.3 is 14.4 Å². The fourth-order valence-electron chi connectivity index (χ4n) is 3.17. The van der Waals surface area contributed by atoms with Gasteiger partial charge in [0.15, 0.2) is 0 Å². The lowest BCUT2D eigenvalue weighted by Crippen LogP contribution is -2.27. The monoisotopic (exact) mass is 358 g/mol. The number of benzene rings is 1. The van der Waals surface area contributed by atoms with Gasteiger partial charge in [0, 0.05) is 12.4 Å². The van der Waals surface area contributed by atoms with Gasteiger partial charge in [-0.25, -0.2) is 4.98 Å². The van der Waals surface area contributed by atoms with Crippen LogP contribution in [0.25, 0.3) is 0 Å². The molecule has 4 heteroatoms.